The van der Waals surface area contributed by atoms with Gasteiger partial charge in [-0.25, -0.2) is 9.78 Å². The van der Waals surface area contributed by atoms with Crippen molar-refractivity contribution in [2.75, 3.05) is 52.9 Å². The predicted molar refractivity (Wildman–Crippen MR) is 83.7 cm³/mol. The Bertz CT molecular complexity index is 446. The zero-order valence-corrected chi connectivity index (χ0v) is 13.6. The molecule has 0 amide bonds. The molecule has 1 aliphatic heterocycles. The molecule has 1 aromatic rings. The van der Waals surface area contributed by atoms with Crippen molar-refractivity contribution < 1.29 is 9.53 Å². The van der Waals surface area contributed by atoms with Crippen molar-refractivity contribution in [3.8, 4) is 0 Å². The maximum absolute atomic E-state index is 11.6. The maximum Gasteiger partial charge on any atom is 0.367 e. The Labute approximate surface area is 130 Å². The topological polar surface area (TPSA) is 57.7 Å². The fourth-order valence-corrected chi connectivity index (χ4v) is 2.97. The summed E-state index contributed by atoms with van der Waals surface area (Å²) in [6.45, 7) is 9.45. The van der Waals surface area contributed by atoms with E-state index >= 15 is 0 Å². The minimum atomic E-state index is -0.322. The van der Waals surface area contributed by atoms with E-state index in [0.29, 0.717) is 11.6 Å². The van der Waals surface area contributed by atoms with Crippen molar-refractivity contribution in [2.24, 2.45) is 0 Å². The van der Waals surface area contributed by atoms with Crippen LogP contribution in [0.25, 0.3) is 0 Å². The predicted octanol–water partition coefficient (Wildman–Crippen LogP) is 0.657. The Balaban J connectivity index is 1.74. The molecule has 0 spiro atoms. The highest BCUT2D eigenvalue weighted by atomic mass is 32.1. The summed E-state index contributed by atoms with van der Waals surface area (Å²) in [6.07, 6.45) is 0. The number of aromatic nitrogens is 1. The first-order chi connectivity index (χ1) is 10.2. The lowest BCUT2D eigenvalue weighted by Crippen LogP contribution is -2.45. The van der Waals surface area contributed by atoms with Gasteiger partial charge in [-0.1, -0.05) is 0 Å². The Kier molecular flexibility index (Phi) is 6.56. The lowest BCUT2D eigenvalue weighted by molar-refractivity contribution is 0.0525. The molecule has 1 saturated heterocycles. The van der Waals surface area contributed by atoms with E-state index in [1.54, 1.807) is 6.92 Å². The average molecular weight is 312 g/mol. The normalized spacial score (nSPS) is 16.3. The summed E-state index contributed by atoms with van der Waals surface area (Å²) in [5, 5.41) is 5.74. The van der Waals surface area contributed by atoms with Crippen molar-refractivity contribution in [3.05, 3.63) is 16.1 Å². The quantitative estimate of drug-likeness (QED) is 0.746. The smallest absolute Gasteiger partial charge is 0.367 e. The van der Waals surface area contributed by atoms with Gasteiger partial charge in [0.2, 0.25) is 5.01 Å². The maximum atomic E-state index is 11.6. The molecule has 0 saturated carbocycles. The van der Waals surface area contributed by atoms with Crippen LogP contribution in [-0.4, -0.2) is 73.7 Å². The zero-order valence-electron chi connectivity index (χ0n) is 12.8. The van der Waals surface area contributed by atoms with Gasteiger partial charge in [-0.2, -0.15) is 0 Å². The van der Waals surface area contributed by atoms with Gasteiger partial charge in [0.1, 0.15) is 0 Å². The van der Waals surface area contributed by atoms with Crippen molar-refractivity contribution in [1.29, 1.82) is 0 Å². The van der Waals surface area contributed by atoms with E-state index in [4.69, 9.17) is 4.74 Å². The zero-order chi connectivity index (χ0) is 15.1. The van der Waals surface area contributed by atoms with Gasteiger partial charge in [0.25, 0.3) is 0 Å². The standard InChI is InChI=1S/C14H24N4O2S/c1-3-20-14(19)13-16-12(11-21-13)10-17(2)8-9-18-6-4-15-5-7-18/h11,15H,3-10H2,1-2H3. The highest BCUT2D eigenvalue weighted by Crippen LogP contribution is 2.12. The van der Waals surface area contributed by atoms with Gasteiger partial charge in [0.15, 0.2) is 0 Å². The van der Waals surface area contributed by atoms with E-state index in [1.807, 2.05) is 5.38 Å². The molecule has 2 rings (SSSR count). The number of thiazole rings is 1. The van der Waals surface area contributed by atoms with E-state index in [9.17, 15) is 4.79 Å². The molecule has 0 bridgehead atoms. The van der Waals surface area contributed by atoms with Crippen LogP contribution in [-0.2, 0) is 11.3 Å². The third-order valence-corrected chi connectivity index (χ3v) is 4.31. The molecule has 21 heavy (non-hydrogen) atoms. The number of rotatable bonds is 7. The fraction of sp³-hybridized carbons (Fsp3) is 0.714. The average Bonchev–Trinajstić information content (AvgIpc) is 2.95. The van der Waals surface area contributed by atoms with Crippen LogP contribution >= 0.6 is 11.3 Å². The Morgan fingerprint density at radius 2 is 2.29 bits per heavy atom. The lowest BCUT2D eigenvalue weighted by atomic mass is 10.3. The largest absolute Gasteiger partial charge is 0.461 e. The number of carbonyl (C=O) groups excluding carboxylic acids is 1. The van der Waals surface area contributed by atoms with E-state index in [0.717, 1.165) is 51.5 Å². The molecule has 0 atom stereocenters. The van der Waals surface area contributed by atoms with Crippen LogP contribution in [0.1, 0.15) is 22.4 Å². The number of nitrogens with one attached hydrogen (secondary N) is 1. The molecule has 1 fully saturated rings. The van der Waals surface area contributed by atoms with Gasteiger partial charge in [-0.15, -0.1) is 11.3 Å². The van der Waals surface area contributed by atoms with Crippen molar-refractivity contribution >= 4 is 17.3 Å². The van der Waals surface area contributed by atoms with Crippen LogP contribution in [0, 0.1) is 0 Å². The molecular formula is C14H24N4O2S. The van der Waals surface area contributed by atoms with Gasteiger partial charge in [0, 0.05) is 51.2 Å². The SMILES string of the molecule is CCOC(=O)c1nc(CN(C)CCN2CCNCC2)cs1. The first kappa shape index (κ1) is 16.4. The van der Waals surface area contributed by atoms with E-state index in [1.165, 1.54) is 11.3 Å². The van der Waals surface area contributed by atoms with Crippen LogP contribution in [0.2, 0.25) is 0 Å². The third kappa shape index (κ3) is 5.35. The van der Waals surface area contributed by atoms with Gasteiger partial charge in [-0.05, 0) is 14.0 Å². The van der Waals surface area contributed by atoms with Crippen molar-refractivity contribution in [2.45, 2.75) is 13.5 Å². The number of esters is 1. The molecule has 0 radical (unpaired) electrons. The van der Waals surface area contributed by atoms with Crippen molar-refractivity contribution in [3.63, 3.8) is 0 Å². The number of likely N-dealkylation sites (N-methyl/N-ethyl adjacent to an activating group) is 1. The van der Waals surface area contributed by atoms with Crippen molar-refractivity contribution in [1.82, 2.24) is 20.1 Å². The minimum Gasteiger partial charge on any atom is -0.461 e. The summed E-state index contributed by atoms with van der Waals surface area (Å²) in [6, 6.07) is 0. The summed E-state index contributed by atoms with van der Waals surface area (Å²) < 4.78 is 4.96. The first-order valence-corrected chi connectivity index (χ1v) is 8.30. The summed E-state index contributed by atoms with van der Waals surface area (Å²) in [4.78, 5) is 20.6. The van der Waals surface area contributed by atoms with Gasteiger partial charge in [-0.3, -0.25) is 9.80 Å². The molecule has 118 valence electrons. The molecule has 1 aromatic heterocycles. The second-order valence-electron chi connectivity index (χ2n) is 5.19. The number of piperazine rings is 1. The molecule has 1 N–H and O–H groups in total. The Morgan fingerprint density at radius 3 is 3.00 bits per heavy atom. The van der Waals surface area contributed by atoms with Crippen LogP contribution in [0.3, 0.4) is 0 Å². The second kappa shape index (κ2) is 8.43. The second-order valence-corrected chi connectivity index (χ2v) is 6.05. The van der Waals surface area contributed by atoms with E-state index < -0.39 is 0 Å². The number of hydrogen-bond acceptors (Lipinski definition) is 7. The van der Waals surface area contributed by atoms with Crippen LogP contribution in [0.15, 0.2) is 5.38 Å². The molecule has 1 aliphatic rings. The number of ether oxygens (including phenoxy) is 1. The highest BCUT2D eigenvalue weighted by Gasteiger charge is 2.14. The Hall–Kier alpha value is -1.02. The third-order valence-electron chi connectivity index (χ3n) is 3.44. The highest BCUT2D eigenvalue weighted by molar-refractivity contribution is 7.11. The fourth-order valence-electron chi connectivity index (χ4n) is 2.27. The molecular weight excluding hydrogens is 288 g/mol. The van der Waals surface area contributed by atoms with Gasteiger partial charge < -0.3 is 10.1 Å². The molecule has 0 aromatic carbocycles. The minimum absolute atomic E-state index is 0.322. The van der Waals surface area contributed by atoms with Crippen LogP contribution in [0.4, 0.5) is 0 Å². The van der Waals surface area contributed by atoms with E-state index in [2.05, 4.69) is 27.1 Å². The van der Waals surface area contributed by atoms with Gasteiger partial charge in [0.05, 0.1) is 12.3 Å². The number of nitrogens with zero attached hydrogens (tertiary/aromatic N) is 3. The van der Waals surface area contributed by atoms with Crippen LogP contribution in [0.5, 0.6) is 0 Å². The lowest BCUT2D eigenvalue weighted by Gasteiger charge is -2.28. The summed E-state index contributed by atoms with van der Waals surface area (Å²) >= 11 is 1.35. The summed E-state index contributed by atoms with van der Waals surface area (Å²) in [7, 11) is 2.09. The Morgan fingerprint density at radius 1 is 1.52 bits per heavy atom. The number of carbonyl (C=O) groups is 1. The monoisotopic (exact) mass is 312 g/mol. The molecule has 2 heterocycles. The van der Waals surface area contributed by atoms with E-state index in [-0.39, 0.29) is 5.97 Å². The molecule has 7 heteroatoms. The molecule has 0 aliphatic carbocycles. The number of hydrogen-bond donors (Lipinski definition) is 1. The van der Waals surface area contributed by atoms with Gasteiger partial charge >= 0.3 is 5.97 Å². The summed E-state index contributed by atoms with van der Waals surface area (Å²) in [5.41, 5.74) is 0.936. The molecule has 6 nitrogen and oxygen atoms in total. The first-order valence-electron chi connectivity index (χ1n) is 7.42. The summed E-state index contributed by atoms with van der Waals surface area (Å²) in [5.74, 6) is -0.322. The molecule has 0 unspecified atom stereocenters. The van der Waals surface area contributed by atoms with Crippen LogP contribution < -0.4 is 5.32 Å².